The molecule has 0 aromatic rings. The molecular formula is C54H99N2O6P. The van der Waals surface area contributed by atoms with Crippen molar-refractivity contribution in [3.05, 3.63) is 72.9 Å². The van der Waals surface area contributed by atoms with Crippen molar-refractivity contribution in [2.45, 2.75) is 225 Å². The number of amides is 1. The summed E-state index contributed by atoms with van der Waals surface area (Å²) in [7, 11) is 1.27. The van der Waals surface area contributed by atoms with Crippen LogP contribution in [-0.4, -0.2) is 68.5 Å². The minimum absolute atomic E-state index is 0.0000226. The number of unbranched alkanes of at least 4 members (excludes halogenated alkanes) is 21. The zero-order valence-electron chi connectivity index (χ0n) is 41.5. The molecule has 0 heterocycles. The van der Waals surface area contributed by atoms with Crippen LogP contribution in [0.1, 0.15) is 213 Å². The summed E-state index contributed by atoms with van der Waals surface area (Å²) >= 11 is 0. The van der Waals surface area contributed by atoms with Gasteiger partial charge in [-0.3, -0.25) is 9.36 Å². The van der Waals surface area contributed by atoms with Crippen molar-refractivity contribution in [3.63, 3.8) is 0 Å². The van der Waals surface area contributed by atoms with E-state index in [1.807, 2.05) is 21.1 Å². The number of aliphatic hydroxyl groups is 1. The molecule has 3 unspecified atom stereocenters. The molecule has 0 saturated heterocycles. The fourth-order valence-electron chi connectivity index (χ4n) is 7.16. The molecule has 2 N–H and O–H groups in total. The molecular weight excluding hydrogens is 804 g/mol. The quantitative estimate of drug-likeness (QED) is 0.0273. The predicted octanol–water partition coefficient (Wildman–Crippen LogP) is 14.5. The molecule has 0 rings (SSSR count). The van der Waals surface area contributed by atoms with Crippen molar-refractivity contribution in [2.24, 2.45) is 0 Å². The Morgan fingerprint density at radius 3 is 1.38 bits per heavy atom. The third-order valence-electron chi connectivity index (χ3n) is 11.2. The molecule has 3 atom stereocenters. The van der Waals surface area contributed by atoms with Crippen molar-refractivity contribution >= 4 is 13.7 Å². The summed E-state index contributed by atoms with van der Waals surface area (Å²) in [6.07, 6.45) is 60.6. The van der Waals surface area contributed by atoms with Crippen molar-refractivity contribution in [2.75, 3.05) is 40.9 Å². The Labute approximate surface area is 389 Å². The summed E-state index contributed by atoms with van der Waals surface area (Å²) < 4.78 is 23.3. The van der Waals surface area contributed by atoms with E-state index in [1.54, 1.807) is 0 Å². The highest BCUT2D eigenvalue weighted by molar-refractivity contribution is 7.45. The number of phosphoric acid groups is 1. The second kappa shape index (κ2) is 45.1. The first-order valence-electron chi connectivity index (χ1n) is 25.8. The van der Waals surface area contributed by atoms with Gasteiger partial charge in [-0.05, 0) is 64.2 Å². The van der Waals surface area contributed by atoms with E-state index < -0.39 is 20.0 Å². The van der Waals surface area contributed by atoms with Crippen molar-refractivity contribution in [3.8, 4) is 0 Å². The van der Waals surface area contributed by atoms with Gasteiger partial charge in [0.25, 0.3) is 7.82 Å². The van der Waals surface area contributed by atoms with Gasteiger partial charge >= 0.3 is 0 Å². The topological polar surface area (TPSA) is 108 Å². The van der Waals surface area contributed by atoms with E-state index in [9.17, 15) is 19.4 Å². The molecule has 0 radical (unpaired) electrons. The summed E-state index contributed by atoms with van der Waals surface area (Å²) in [6, 6.07) is -0.828. The smallest absolute Gasteiger partial charge is 0.268 e. The fraction of sp³-hybridized carbons (Fsp3) is 0.759. The third-order valence-corrected chi connectivity index (χ3v) is 12.2. The number of allylic oxidation sites excluding steroid dienone is 12. The van der Waals surface area contributed by atoms with Gasteiger partial charge < -0.3 is 28.8 Å². The van der Waals surface area contributed by atoms with E-state index in [0.717, 1.165) is 70.6 Å². The largest absolute Gasteiger partial charge is 0.756 e. The number of carbonyl (C=O) groups excluding carboxylic acids is 1. The summed E-state index contributed by atoms with van der Waals surface area (Å²) in [5.74, 6) is -0.208. The van der Waals surface area contributed by atoms with Crippen molar-refractivity contribution in [1.82, 2.24) is 5.32 Å². The molecule has 0 aliphatic carbocycles. The molecule has 1 amide bonds. The highest BCUT2D eigenvalue weighted by Gasteiger charge is 2.24. The lowest BCUT2D eigenvalue weighted by Crippen LogP contribution is -2.46. The van der Waals surface area contributed by atoms with Crippen LogP contribution < -0.4 is 10.2 Å². The lowest BCUT2D eigenvalue weighted by molar-refractivity contribution is -0.870. The number of nitrogens with zero attached hydrogens (tertiary/aromatic N) is 1. The molecule has 0 saturated carbocycles. The Morgan fingerprint density at radius 1 is 0.571 bits per heavy atom. The number of hydrogen-bond donors (Lipinski definition) is 2. The standard InChI is InChI=1S/C54H99N2O6P/c1-6-8-10-12-14-16-18-20-22-24-26-28-30-32-34-36-38-40-42-44-46-48-54(58)55-52(51-62-63(59,60)61-50-49-56(3,4)5)53(57)47-45-43-41-39-37-35-33-31-29-27-25-23-21-19-17-15-13-11-9-7-2/h8,10,14,16,20,22,26,28,32,34,38,40,52-53,57H,6-7,9,11-13,15,17-19,21,23-25,27,29-31,33,35-37,39,41-51H2,1-5H3,(H-,55,58,59,60)/b10-8-,16-14-,22-20-,28-26-,34-32-,40-38-. The average Bonchev–Trinajstić information content (AvgIpc) is 3.24. The second-order valence-electron chi connectivity index (χ2n) is 18.5. The zero-order chi connectivity index (χ0) is 46.4. The average molecular weight is 903 g/mol. The SMILES string of the molecule is CC/C=C\C/C=C\C/C=C\C/C=C\C/C=C\C/C=C\CCCCC(=O)NC(COP(=O)([O-])OCC[N+](C)(C)C)C(O)CCCCCCCCCCCCCCCCCCCCCC. The molecule has 0 aromatic carbocycles. The summed E-state index contributed by atoms with van der Waals surface area (Å²) in [5.41, 5.74) is 0. The summed E-state index contributed by atoms with van der Waals surface area (Å²) in [5, 5.41) is 14.0. The van der Waals surface area contributed by atoms with E-state index in [-0.39, 0.29) is 19.1 Å². The van der Waals surface area contributed by atoms with Gasteiger partial charge in [-0.15, -0.1) is 0 Å². The van der Waals surface area contributed by atoms with Gasteiger partial charge in [0.15, 0.2) is 0 Å². The highest BCUT2D eigenvalue weighted by Crippen LogP contribution is 2.38. The first kappa shape index (κ1) is 60.9. The van der Waals surface area contributed by atoms with Gasteiger partial charge in [0.05, 0.1) is 39.9 Å². The fourth-order valence-corrected chi connectivity index (χ4v) is 7.88. The number of likely N-dealkylation sites (N-methyl/N-ethyl adjacent to an activating group) is 1. The molecule has 366 valence electrons. The lowest BCUT2D eigenvalue weighted by Gasteiger charge is -2.30. The monoisotopic (exact) mass is 903 g/mol. The van der Waals surface area contributed by atoms with Crippen molar-refractivity contribution < 1.29 is 32.9 Å². The molecule has 0 fully saturated rings. The number of phosphoric ester groups is 1. The van der Waals surface area contributed by atoms with Crippen LogP contribution in [0.5, 0.6) is 0 Å². The number of nitrogens with one attached hydrogen (secondary N) is 1. The molecule has 0 spiro atoms. The Hall–Kier alpha value is -2.06. The van der Waals surface area contributed by atoms with E-state index in [0.29, 0.717) is 30.3 Å². The molecule has 0 aliphatic rings. The maximum Gasteiger partial charge on any atom is 0.268 e. The molecule has 8 nitrogen and oxygen atoms in total. The number of carbonyl (C=O) groups is 1. The first-order valence-corrected chi connectivity index (χ1v) is 27.2. The summed E-state index contributed by atoms with van der Waals surface area (Å²) in [6.45, 7) is 4.58. The van der Waals surface area contributed by atoms with Gasteiger partial charge in [-0.25, -0.2) is 0 Å². The van der Waals surface area contributed by atoms with Crippen LogP contribution in [0.25, 0.3) is 0 Å². The minimum Gasteiger partial charge on any atom is -0.756 e. The van der Waals surface area contributed by atoms with E-state index in [1.165, 1.54) is 109 Å². The maximum absolute atomic E-state index is 12.9. The van der Waals surface area contributed by atoms with Gasteiger partial charge in [-0.2, -0.15) is 0 Å². The Balaban J connectivity index is 4.37. The van der Waals surface area contributed by atoms with Gasteiger partial charge in [0.2, 0.25) is 5.91 Å². The normalized spacial score (nSPS) is 14.7. The maximum atomic E-state index is 12.9. The van der Waals surface area contributed by atoms with E-state index in [2.05, 4.69) is 92.1 Å². The highest BCUT2D eigenvalue weighted by atomic mass is 31.2. The minimum atomic E-state index is -4.59. The molecule has 0 bridgehead atoms. The number of quaternary nitrogens is 1. The zero-order valence-corrected chi connectivity index (χ0v) is 42.4. The van der Waals surface area contributed by atoms with Gasteiger partial charge in [0, 0.05) is 6.42 Å². The third kappa shape index (κ3) is 47.7. The van der Waals surface area contributed by atoms with Gasteiger partial charge in [0.1, 0.15) is 13.2 Å². The predicted molar refractivity (Wildman–Crippen MR) is 270 cm³/mol. The van der Waals surface area contributed by atoms with E-state index >= 15 is 0 Å². The Bertz CT molecular complexity index is 1250. The Kier molecular flexibility index (Phi) is 43.6. The van der Waals surface area contributed by atoms with Crippen LogP contribution in [0.4, 0.5) is 0 Å². The number of aliphatic hydroxyl groups excluding tert-OH is 1. The van der Waals surface area contributed by atoms with Gasteiger partial charge in [-0.1, -0.05) is 215 Å². The van der Waals surface area contributed by atoms with Crippen LogP contribution >= 0.6 is 7.82 Å². The lowest BCUT2D eigenvalue weighted by atomic mass is 10.0. The Morgan fingerprint density at radius 2 is 0.968 bits per heavy atom. The summed E-state index contributed by atoms with van der Waals surface area (Å²) in [4.78, 5) is 25.4. The molecule has 63 heavy (non-hydrogen) atoms. The van der Waals surface area contributed by atoms with Crippen LogP contribution in [-0.2, 0) is 18.4 Å². The first-order chi connectivity index (χ1) is 30.5. The number of rotatable bonds is 46. The van der Waals surface area contributed by atoms with Crippen LogP contribution in [0.15, 0.2) is 72.9 Å². The molecule has 9 heteroatoms. The second-order valence-corrected chi connectivity index (χ2v) is 19.9. The van der Waals surface area contributed by atoms with Crippen LogP contribution in [0.2, 0.25) is 0 Å². The molecule has 0 aromatic heterocycles. The van der Waals surface area contributed by atoms with Crippen LogP contribution in [0, 0.1) is 0 Å². The number of hydrogen-bond acceptors (Lipinski definition) is 6. The molecule has 0 aliphatic heterocycles. The van der Waals surface area contributed by atoms with Crippen LogP contribution in [0.3, 0.4) is 0 Å². The van der Waals surface area contributed by atoms with Crippen molar-refractivity contribution in [1.29, 1.82) is 0 Å². The van der Waals surface area contributed by atoms with E-state index in [4.69, 9.17) is 9.05 Å².